The van der Waals surface area contributed by atoms with Crippen molar-refractivity contribution in [2.24, 2.45) is 23.1 Å². The summed E-state index contributed by atoms with van der Waals surface area (Å²) in [5, 5.41) is 27.1. The van der Waals surface area contributed by atoms with Crippen molar-refractivity contribution in [2.75, 3.05) is 13.1 Å². The van der Waals surface area contributed by atoms with E-state index in [2.05, 4.69) is 16.0 Å². The molecule has 0 saturated carbocycles. The van der Waals surface area contributed by atoms with Gasteiger partial charge in [0.2, 0.25) is 17.7 Å². The number of carboxylic acids is 1. The van der Waals surface area contributed by atoms with Gasteiger partial charge in [0.15, 0.2) is 0 Å². The maximum absolute atomic E-state index is 13.3. The van der Waals surface area contributed by atoms with Crippen LogP contribution in [0.2, 0.25) is 0 Å². The first-order valence-electron chi connectivity index (χ1n) is 13.6. The fourth-order valence-corrected chi connectivity index (χ4v) is 4.00. The first-order chi connectivity index (χ1) is 18.5. The molecule has 0 heterocycles. The van der Waals surface area contributed by atoms with Crippen molar-refractivity contribution in [3.05, 3.63) is 29.8 Å². The lowest BCUT2D eigenvalue weighted by Crippen LogP contribution is -2.57. The number of phenols is 1. The maximum Gasteiger partial charge on any atom is 0.326 e. The number of unbranched alkanes of at least 4 members (excludes halogenated alkanes) is 2. The quantitative estimate of drug-likeness (QED) is 0.109. The van der Waals surface area contributed by atoms with E-state index in [-0.39, 0.29) is 24.5 Å². The second kappa shape index (κ2) is 18.1. The molecular formula is C27H46N6O6. The van der Waals surface area contributed by atoms with Crippen molar-refractivity contribution in [3.8, 4) is 5.75 Å². The lowest BCUT2D eigenvalue weighted by molar-refractivity contribution is -0.142. The number of nitrogens with one attached hydrogen (secondary N) is 3. The number of carboxylic acid groups (broad SMARTS) is 1. The summed E-state index contributed by atoms with van der Waals surface area (Å²) in [5.41, 5.74) is 17.7. The minimum absolute atomic E-state index is 0.0150. The Balaban J connectivity index is 2.99. The summed E-state index contributed by atoms with van der Waals surface area (Å²) in [6.07, 6.45) is 3.53. The summed E-state index contributed by atoms with van der Waals surface area (Å²) in [5.74, 6) is -2.81. The predicted octanol–water partition coefficient (Wildman–Crippen LogP) is 0.105. The van der Waals surface area contributed by atoms with Crippen molar-refractivity contribution < 1.29 is 29.4 Å². The summed E-state index contributed by atoms with van der Waals surface area (Å²) in [4.78, 5) is 51.0. The molecule has 220 valence electrons. The van der Waals surface area contributed by atoms with Crippen LogP contribution in [0.4, 0.5) is 0 Å². The zero-order chi connectivity index (χ0) is 29.4. The van der Waals surface area contributed by atoms with E-state index in [4.69, 9.17) is 17.2 Å². The van der Waals surface area contributed by atoms with Crippen LogP contribution in [0.5, 0.6) is 5.75 Å². The molecule has 12 nitrogen and oxygen atoms in total. The van der Waals surface area contributed by atoms with Crippen molar-refractivity contribution in [1.82, 2.24) is 16.0 Å². The van der Waals surface area contributed by atoms with E-state index in [1.54, 1.807) is 12.1 Å². The molecule has 12 heteroatoms. The highest BCUT2D eigenvalue weighted by atomic mass is 16.4. The smallest absolute Gasteiger partial charge is 0.326 e. The van der Waals surface area contributed by atoms with Crippen LogP contribution in [0.15, 0.2) is 24.3 Å². The van der Waals surface area contributed by atoms with Gasteiger partial charge in [0, 0.05) is 6.42 Å². The van der Waals surface area contributed by atoms with Crippen molar-refractivity contribution in [1.29, 1.82) is 0 Å². The molecule has 3 amide bonds. The summed E-state index contributed by atoms with van der Waals surface area (Å²) >= 11 is 0. The summed E-state index contributed by atoms with van der Waals surface area (Å²) in [7, 11) is 0. The van der Waals surface area contributed by atoms with Crippen LogP contribution in [0.3, 0.4) is 0 Å². The van der Waals surface area contributed by atoms with Gasteiger partial charge in [0.25, 0.3) is 0 Å². The second-order valence-corrected chi connectivity index (χ2v) is 10.2. The third-order valence-electron chi connectivity index (χ3n) is 6.22. The molecular weight excluding hydrogens is 504 g/mol. The van der Waals surface area contributed by atoms with Crippen LogP contribution in [0, 0.1) is 5.92 Å². The fraction of sp³-hybridized carbons (Fsp3) is 0.630. The van der Waals surface area contributed by atoms with E-state index < -0.39 is 47.9 Å². The van der Waals surface area contributed by atoms with Gasteiger partial charge in [-0.3, -0.25) is 14.4 Å². The zero-order valence-electron chi connectivity index (χ0n) is 23.0. The molecule has 0 saturated heterocycles. The van der Waals surface area contributed by atoms with Gasteiger partial charge in [0.05, 0.1) is 6.04 Å². The number of benzene rings is 1. The number of aromatic hydroxyl groups is 1. The van der Waals surface area contributed by atoms with Crippen LogP contribution in [-0.4, -0.2) is 71.2 Å². The molecule has 0 aromatic heterocycles. The summed E-state index contributed by atoms with van der Waals surface area (Å²) < 4.78 is 0. The Kier molecular flexibility index (Phi) is 15.7. The fourth-order valence-electron chi connectivity index (χ4n) is 4.00. The van der Waals surface area contributed by atoms with E-state index in [1.807, 2.05) is 13.8 Å². The molecule has 0 aliphatic heterocycles. The number of nitrogens with two attached hydrogens (primary N) is 3. The first-order valence-corrected chi connectivity index (χ1v) is 13.6. The number of hydrogen-bond donors (Lipinski definition) is 8. The predicted molar refractivity (Wildman–Crippen MR) is 148 cm³/mol. The normalized spacial score (nSPS) is 14.2. The first kappa shape index (κ1) is 33.8. The molecule has 4 atom stereocenters. The number of phenolic OH excluding ortho intramolecular Hbond substituents is 1. The lowest BCUT2D eigenvalue weighted by Gasteiger charge is -2.26. The molecule has 11 N–H and O–H groups in total. The number of carbonyl (C=O) groups excluding carboxylic acids is 3. The molecule has 0 radical (unpaired) electrons. The summed E-state index contributed by atoms with van der Waals surface area (Å²) in [6.45, 7) is 4.70. The molecule has 0 fully saturated rings. The van der Waals surface area contributed by atoms with Crippen LogP contribution in [-0.2, 0) is 25.6 Å². The van der Waals surface area contributed by atoms with Crippen LogP contribution in [0.25, 0.3) is 0 Å². The topological polar surface area (TPSA) is 223 Å². The van der Waals surface area contributed by atoms with E-state index in [0.29, 0.717) is 50.8 Å². The van der Waals surface area contributed by atoms with E-state index >= 15 is 0 Å². The van der Waals surface area contributed by atoms with Crippen molar-refractivity contribution in [2.45, 2.75) is 89.4 Å². The lowest BCUT2D eigenvalue weighted by atomic mass is 10.0. The molecule has 4 unspecified atom stereocenters. The second-order valence-electron chi connectivity index (χ2n) is 10.2. The van der Waals surface area contributed by atoms with Crippen LogP contribution >= 0.6 is 0 Å². The third-order valence-corrected chi connectivity index (χ3v) is 6.22. The Morgan fingerprint density at radius 1 is 0.769 bits per heavy atom. The third kappa shape index (κ3) is 13.4. The maximum atomic E-state index is 13.3. The van der Waals surface area contributed by atoms with Gasteiger partial charge >= 0.3 is 5.97 Å². The molecule has 1 aromatic rings. The minimum atomic E-state index is -1.26. The van der Waals surface area contributed by atoms with Gasteiger partial charge in [-0.1, -0.05) is 32.4 Å². The highest BCUT2D eigenvalue weighted by Crippen LogP contribution is 2.13. The van der Waals surface area contributed by atoms with Gasteiger partial charge in [-0.2, -0.15) is 0 Å². The number of carbonyl (C=O) groups is 4. The highest BCUT2D eigenvalue weighted by molar-refractivity contribution is 5.94. The molecule has 0 bridgehead atoms. The average molecular weight is 551 g/mol. The highest BCUT2D eigenvalue weighted by Gasteiger charge is 2.30. The zero-order valence-corrected chi connectivity index (χ0v) is 23.0. The van der Waals surface area contributed by atoms with E-state index in [0.717, 1.165) is 6.42 Å². The molecule has 0 aliphatic carbocycles. The molecule has 1 rings (SSSR count). The van der Waals surface area contributed by atoms with Gasteiger partial charge < -0.3 is 43.4 Å². The molecule has 0 spiro atoms. The SMILES string of the molecule is CC(C)CC(NC(=O)C(N)CCCCN)C(=O)NC(CCCCN)C(=O)NC(Cc1ccc(O)cc1)C(=O)O. The van der Waals surface area contributed by atoms with Crippen molar-refractivity contribution in [3.63, 3.8) is 0 Å². The Bertz CT molecular complexity index is 911. The Morgan fingerprint density at radius 2 is 1.28 bits per heavy atom. The number of hydrogen-bond acceptors (Lipinski definition) is 8. The Morgan fingerprint density at radius 3 is 1.82 bits per heavy atom. The van der Waals surface area contributed by atoms with E-state index in [9.17, 15) is 29.4 Å². The van der Waals surface area contributed by atoms with Gasteiger partial charge in [0.1, 0.15) is 23.9 Å². The van der Waals surface area contributed by atoms with Gasteiger partial charge in [-0.05, 0) is 75.2 Å². The standard InChI is InChI=1S/C27H46N6O6/c1-17(2)15-22(32-24(35)20(30)7-3-5-13-28)26(37)31-21(8-4-6-14-29)25(36)33-23(27(38)39)16-18-9-11-19(34)12-10-18/h9-12,17,20-23,34H,3-8,13-16,28-30H2,1-2H3,(H,31,37)(H,32,35)(H,33,36)(H,38,39). The van der Waals surface area contributed by atoms with E-state index in [1.165, 1.54) is 12.1 Å². The minimum Gasteiger partial charge on any atom is -0.508 e. The molecule has 1 aromatic carbocycles. The Labute approximate surface area is 230 Å². The monoisotopic (exact) mass is 550 g/mol. The van der Waals surface area contributed by atoms with Gasteiger partial charge in [-0.25, -0.2) is 4.79 Å². The number of rotatable bonds is 19. The average Bonchev–Trinajstić information content (AvgIpc) is 2.88. The molecule has 0 aliphatic rings. The number of aliphatic carboxylic acids is 1. The van der Waals surface area contributed by atoms with Crippen LogP contribution in [0.1, 0.15) is 64.4 Å². The summed E-state index contributed by atoms with van der Waals surface area (Å²) in [6, 6.07) is 1.99. The van der Waals surface area contributed by atoms with Gasteiger partial charge in [-0.15, -0.1) is 0 Å². The number of amides is 3. The molecule has 39 heavy (non-hydrogen) atoms. The largest absolute Gasteiger partial charge is 0.508 e. The van der Waals surface area contributed by atoms with Crippen molar-refractivity contribution >= 4 is 23.7 Å². The Hall–Kier alpha value is -3.22. The van der Waals surface area contributed by atoms with Crippen LogP contribution < -0.4 is 33.2 Å².